The lowest BCUT2D eigenvalue weighted by atomic mass is 10.2. The highest BCUT2D eigenvalue weighted by Crippen LogP contribution is 2.26. The lowest BCUT2D eigenvalue weighted by Crippen LogP contribution is -1.88. The summed E-state index contributed by atoms with van der Waals surface area (Å²) in [6.07, 6.45) is 0. The van der Waals surface area contributed by atoms with E-state index in [0.29, 0.717) is 11.3 Å². The maximum atomic E-state index is 10.4. The fraction of sp³-hybridized carbons (Fsp3) is 0.250. The van der Waals surface area contributed by atoms with Crippen molar-refractivity contribution in [1.82, 2.24) is 0 Å². The molecule has 1 aromatic rings. The lowest BCUT2D eigenvalue weighted by molar-refractivity contribution is 0.373. The van der Waals surface area contributed by atoms with Crippen LogP contribution >= 0.6 is 0 Å². The third-order valence-corrected chi connectivity index (χ3v) is 2.18. The van der Waals surface area contributed by atoms with E-state index in [-0.39, 0.29) is 11.5 Å². The van der Waals surface area contributed by atoms with Gasteiger partial charge in [0.1, 0.15) is 10.7 Å². The predicted molar refractivity (Wildman–Crippen MR) is 48.7 cm³/mol. The molecule has 1 N–H and O–H groups in total. The van der Waals surface area contributed by atoms with Crippen LogP contribution < -0.4 is 4.74 Å². The molecule has 0 atom stereocenters. The van der Waals surface area contributed by atoms with E-state index in [0.717, 1.165) is 0 Å². The van der Waals surface area contributed by atoms with Crippen molar-refractivity contribution in [2.45, 2.75) is 5.75 Å². The molecule has 0 unspecified atom stereocenters. The highest BCUT2D eigenvalue weighted by Gasteiger charge is 2.02. The lowest BCUT2D eigenvalue weighted by Gasteiger charge is -2.03. The topological polar surface area (TPSA) is 63.6 Å². The molecule has 0 spiro atoms. The van der Waals surface area contributed by atoms with Crippen LogP contribution in [0.25, 0.3) is 0 Å². The number of phenolic OH excluding ortho intramolecular Hbond substituents is 1. The summed E-state index contributed by atoms with van der Waals surface area (Å²) in [4.78, 5) is 0. The minimum atomic E-state index is -2.45. The number of ether oxygens (including phenoxy) is 1. The Hall–Kier alpha value is -1.23. The van der Waals surface area contributed by atoms with Gasteiger partial charge in [-0.25, -0.2) is 8.42 Å². The molecule has 5 heteroatoms. The summed E-state index contributed by atoms with van der Waals surface area (Å²) < 4.78 is 25.5. The molecular weight excluding hydrogens is 192 g/mol. The van der Waals surface area contributed by atoms with E-state index in [1.165, 1.54) is 19.2 Å². The number of hydrogen-bond acceptors (Lipinski definition) is 4. The van der Waals surface area contributed by atoms with E-state index in [9.17, 15) is 13.5 Å². The van der Waals surface area contributed by atoms with Gasteiger partial charge in [0.25, 0.3) is 0 Å². The molecule has 0 bridgehead atoms. The molecule has 0 amide bonds. The van der Waals surface area contributed by atoms with Crippen LogP contribution in [0.1, 0.15) is 5.56 Å². The van der Waals surface area contributed by atoms with E-state index in [1.54, 1.807) is 6.07 Å². The van der Waals surface area contributed by atoms with Crippen molar-refractivity contribution in [2.75, 3.05) is 7.11 Å². The molecule has 0 aromatic heterocycles. The van der Waals surface area contributed by atoms with Crippen molar-refractivity contribution >= 4 is 10.7 Å². The van der Waals surface area contributed by atoms with Gasteiger partial charge in [-0.3, -0.25) is 0 Å². The summed E-state index contributed by atoms with van der Waals surface area (Å²) >= 11 is 0. The van der Waals surface area contributed by atoms with Gasteiger partial charge in [0, 0.05) is 0 Å². The number of benzene rings is 1. The molecule has 0 saturated carbocycles. The fourth-order valence-corrected chi connectivity index (χ4v) is 1.48. The van der Waals surface area contributed by atoms with Crippen molar-refractivity contribution in [3.63, 3.8) is 0 Å². The van der Waals surface area contributed by atoms with Crippen LogP contribution in [-0.4, -0.2) is 20.6 Å². The van der Waals surface area contributed by atoms with Crippen molar-refractivity contribution in [1.29, 1.82) is 0 Å². The average Bonchev–Trinajstić information content (AvgIpc) is 2.03. The van der Waals surface area contributed by atoms with Crippen LogP contribution in [0.2, 0.25) is 0 Å². The zero-order chi connectivity index (χ0) is 9.84. The van der Waals surface area contributed by atoms with E-state index in [1.807, 2.05) is 0 Å². The molecule has 0 fully saturated rings. The van der Waals surface area contributed by atoms with Gasteiger partial charge in [0.05, 0.1) is 12.9 Å². The molecule has 0 aliphatic heterocycles. The Balaban J connectivity index is 2.95. The average molecular weight is 202 g/mol. The van der Waals surface area contributed by atoms with Gasteiger partial charge in [-0.2, -0.15) is 0 Å². The minimum absolute atomic E-state index is 0.0446. The quantitative estimate of drug-likeness (QED) is 0.701. The molecule has 0 heterocycles. The van der Waals surface area contributed by atoms with E-state index >= 15 is 0 Å². The molecule has 72 valence electrons. The van der Waals surface area contributed by atoms with Gasteiger partial charge in [-0.15, -0.1) is 0 Å². The Labute approximate surface area is 77.7 Å². The number of hydrogen-bond donors (Lipinski definition) is 2. The van der Waals surface area contributed by atoms with Crippen molar-refractivity contribution in [2.24, 2.45) is 0 Å². The zero-order valence-electron chi connectivity index (χ0n) is 7.06. The first-order valence-corrected chi connectivity index (χ1v) is 4.97. The molecule has 1 rings (SSSR count). The van der Waals surface area contributed by atoms with Crippen LogP contribution in [0.15, 0.2) is 18.2 Å². The fourth-order valence-electron chi connectivity index (χ4n) is 0.983. The second-order valence-corrected chi connectivity index (χ2v) is 3.48. The van der Waals surface area contributed by atoms with Gasteiger partial charge >= 0.3 is 0 Å². The molecular formula is C8H10O4S. The van der Waals surface area contributed by atoms with Crippen LogP contribution in [0.3, 0.4) is 0 Å². The SMILES string of the molecule is COc1ccc(C[SH](=O)=O)cc1O. The van der Waals surface area contributed by atoms with E-state index < -0.39 is 10.7 Å². The van der Waals surface area contributed by atoms with Gasteiger partial charge < -0.3 is 9.84 Å². The predicted octanol–water partition coefficient (Wildman–Crippen LogP) is 0.512. The third kappa shape index (κ3) is 2.62. The normalized spacial score (nSPS) is 10.3. The Morgan fingerprint density at radius 2 is 2.15 bits per heavy atom. The number of rotatable bonds is 3. The monoisotopic (exact) mass is 202 g/mol. The van der Waals surface area contributed by atoms with Crippen LogP contribution in [0, 0.1) is 0 Å². The molecule has 1 aromatic carbocycles. The van der Waals surface area contributed by atoms with E-state index in [4.69, 9.17) is 4.74 Å². The second-order valence-electron chi connectivity index (χ2n) is 2.50. The van der Waals surface area contributed by atoms with Crippen LogP contribution in [0.5, 0.6) is 11.5 Å². The van der Waals surface area contributed by atoms with Crippen molar-refractivity contribution in [3.8, 4) is 11.5 Å². The highest BCUT2D eigenvalue weighted by atomic mass is 32.2. The van der Waals surface area contributed by atoms with Crippen LogP contribution in [-0.2, 0) is 16.5 Å². The number of phenols is 1. The summed E-state index contributed by atoms with van der Waals surface area (Å²) in [5.41, 5.74) is 0.550. The first kappa shape index (κ1) is 9.85. The molecule has 0 aliphatic rings. The third-order valence-electron chi connectivity index (χ3n) is 1.55. The van der Waals surface area contributed by atoms with Crippen molar-refractivity contribution in [3.05, 3.63) is 23.8 Å². The second kappa shape index (κ2) is 4.13. The number of aromatic hydroxyl groups is 1. The van der Waals surface area contributed by atoms with Gasteiger partial charge in [0.15, 0.2) is 11.5 Å². The standard InChI is InChI=1S/C8H10O4S/c1-12-8-3-2-6(4-7(8)9)5-13(10)11/h2-4,9,13H,5H2,1H3. The Bertz CT molecular complexity index is 362. The van der Waals surface area contributed by atoms with E-state index in [2.05, 4.69) is 0 Å². The maximum Gasteiger partial charge on any atom is 0.160 e. The number of methoxy groups -OCH3 is 1. The molecule has 0 radical (unpaired) electrons. The Morgan fingerprint density at radius 1 is 1.46 bits per heavy atom. The maximum absolute atomic E-state index is 10.4. The largest absolute Gasteiger partial charge is 0.504 e. The minimum Gasteiger partial charge on any atom is -0.504 e. The smallest absolute Gasteiger partial charge is 0.160 e. The molecule has 0 saturated heterocycles. The summed E-state index contributed by atoms with van der Waals surface area (Å²) in [7, 11) is -1.02. The van der Waals surface area contributed by atoms with Gasteiger partial charge in [-0.05, 0) is 17.7 Å². The Kier molecular flexibility index (Phi) is 3.13. The van der Waals surface area contributed by atoms with Crippen molar-refractivity contribution < 1.29 is 18.3 Å². The van der Waals surface area contributed by atoms with Gasteiger partial charge in [0.2, 0.25) is 0 Å². The first-order valence-electron chi connectivity index (χ1n) is 3.61. The summed E-state index contributed by atoms with van der Waals surface area (Å²) in [5.74, 6) is 0.231. The van der Waals surface area contributed by atoms with Gasteiger partial charge in [-0.1, -0.05) is 6.07 Å². The first-order chi connectivity index (χ1) is 6.13. The molecule has 4 nitrogen and oxygen atoms in total. The number of thiol groups is 1. The molecule has 0 aliphatic carbocycles. The summed E-state index contributed by atoms with van der Waals surface area (Å²) in [6, 6.07) is 4.51. The zero-order valence-corrected chi connectivity index (χ0v) is 7.95. The highest BCUT2D eigenvalue weighted by molar-refractivity contribution is 7.71. The van der Waals surface area contributed by atoms with Crippen LogP contribution in [0.4, 0.5) is 0 Å². The summed E-state index contributed by atoms with van der Waals surface area (Å²) in [6.45, 7) is 0. The summed E-state index contributed by atoms with van der Waals surface area (Å²) in [5, 5.41) is 9.28. The Morgan fingerprint density at radius 3 is 2.62 bits per heavy atom. The molecule has 13 heavy (non-hydrogen) atoms.